The summed E-state index contributed by atoms with van der Waals surface area (Å²) in [7, 11) is 0. The third-order valence-corrected chi connectivity index (χ3v) is 1.58. The average molecular weight is 170 g/mol. The highest BCUT2D eigenvalue weighted by Crippen LogP contribution is 2.11. The Morgan fingerprint density at radius 3 is 2.42 bits per heavy atom. The van der Waals surface area contributed by atoms with Gasteiger partial charge in [0.2, 0.25) is 0 Å². The van der Waals surface area contributed by atoms with Crippen molar-refractivity contribution in [1.82, 2.24) is 10.6 Å². The summed E-state index contributed by atoms with van der Waals surface area (Å²) >= 11 is 0. The van der Waals surface area contributed by atoms with Gasteiger partial charge in [-0.05, 0) is 27.4 Å². The van der Waals surface area contributed by atoms with Crippen molar-refractivity contribution in [1.29, 1.82) is 0 Å². The first-order valence-corrected chi connectivity index (χ1v) is 4.32. The molecule has 3 heteroatoms. The van der Waals surface area contributed by atoms with Crippen LogP contribution in [0.15, 0.2) is 12.5 Å². The monoisotopic (exact) mass is 170 g/mol. The fraction of sp³-hybridized carbons (Fsp3) is 0.778. The molecule has 1 saturated heterocycles. The van der Waals surface area contributed by atoms with Crippen LogP contribution in [0.5, 0.6) is 0 Å². The molecule has 1 fully saturated rings. The second kappa shape index (κ2) is 3.35. The quantitative estimate of drug-likeness (QED) is 0.616. The second-order valence-electron chi connectivity index (χ2n) is 4.14. The molecule has 12 heavy (non-hydrogen) atoms. The van der Waals surface area contributed by atoms with Crippen LogP contribution in [0.25, 0.3) is 0 Å². The summed E-state index contributed by atoms with van der Waals surface area (Å²) in [4.78, 5) is 0. The molecule has 0 atom stereocenters. The Bertz CT molecular complexity index is 168. The van der Waals surface area contributed by atoms with E-state index in [1.165, 1.54) is 0 Å². The maximum Gasteiger partial charge on any atom is 0.180 e. The van der Waals surface area contributed by atoms with Gasteiger partial charge in [-0.25, -0.2) is 0 Å². The van der Waals surface area contributed by atoms with E-state index >= 15 is 0 Å². The Morgan fingerprint density at radius 2 is 2.08 bits per heavy atom. The lowest BCUT2D eigenvalue weighted by atomic mass is 10.2. The molecule has 0 saturated carbocycles. The topological polar surface area (TPSA) is 33.3 Å². The summed E-state index contributed by atoms with van der Waals surface area (Å²) in [6, 6.07) is 0.500. The number of hydrogen-bond acceptors (Lipinski definition) is 3. The smallest absolute Gasteiger partial charge is 0.180 e. The van der Waals surface area contributed by atoms with Gasteiger partial charge in [-0.2, -0.15) is 0 Å². The molecule has 70 valence electrons. The van der Waals surface area contributed by atoms with Crippen molar-refractivity contribution in [2.24, 2.45) is 0 Å². The van der Waals surface area contributed by atoms with Crippen molar-refractivity contribution in [3.05, 3.63) is 12.5 Å². The summed E-state index contributed by atoms with van der Waals surface area (Å²) in [6.45, 7) is 11.9. The van der Waals surface area contributed by atoms with E-state index in [1.54, 1.807) is 0 Å². The summed E-state index contributed by atoms with van der Waals surface area (Å²) < 4.78 is 5.51. The Labute approximate surface area is 74.2 Å². The lowest BCUT2D eigenvalue weighted by Crippen LogP contribution is -2.55. The molecule has 0 bridgehead atoms. The van der Waals surface area contributed by atoms with Gasteiger partial charge >= 0.3 is 0 Å². The van der Waals surface area contributed by atoms with Crippen molar-refractivity contribution in [3.63, 3.8) is 0 Å². The summed E-state index contributed by atoms with van der Waals surface area (Å²) in [5, 5.41) is 6.36. The molecular weight excluding hydrogens is 152 g/mol. The molecule has 0 unspecified atom stereocenters. The second-order valence-corrected chi connectivity index (χ2v) is 4.14. The summed E-state index contributed by atoms with van der Waals surface area (Å²) in [6.07, 6.45) is 0. The van der Waals surface area contributed by atoms with E-state index in [0.717, 1.165) is 13.1 Å². The van der Waals surface area contributed by atoms with E-state index in [0.29, 0.717) is 11.9 Å². The summed E-state index contributed by atoms with van der Waals surface area (Å²) in [5.74, 6) is 0.675. The van der Waals surface area contributed by atoms with Crippen molar-refractivity contribution >= 4 is 0 Å². The fourth-order valence-corrected chi connectivity index (χ4v) is 1.02. The summed E-state index contributed by atoms with van der Waals surface area (Å²) in [5.41, 5.74) is -0.152. The van der Waals surface area contributed by atoms with Crippen LogP contribution in [0.4, 0.5) is 0 Å². The van der Waals surface area contributed by atoms with Gasteiger partial charge in [0, 0.05) is 13.1 Å². The molecule has 0 radical (unpaired) electrons. The molecule has 0 amide bonds. The van der Waals surface area contributed by atoms with Crippen LogP contribution < -0.4 is 10.6 Å². The van der Waals surface area contributed by atoms with Crippen LogP contribution in [-0.2, 0) is 4.74 Å². The third kappa shape index (κ3) is 3.13. The molecular formula is C9H18N2O. The van der Waals surface area contributed by atoms with Gasteiger partial charge in [0.1, 0.15) is 5.60 Å². The molecule has 0 aromatic carbocycles. The van der Waals surface area contributed by atoms with Crippen LogP contribution in [0, 0.1) is 0 Å². The van der Waals surface area contributed by atoms with Crippen LogP contribution in [0.2, 0.25) is 0 Å². The third-order valence-electron chi connectivity index (χ3n) is 1.58. The molecule has 0 spiro atoms. The van der Waals surface area contributed by atoms with Gasteiger partial charge in [0.05, 0.1) is 6.04 Å². The first kappa shape index (κ1) is 9.39. The minimum absolute atomic E-state index is 0.152. The minimum atomic E-state index is -0.152. The molecule has 0 aromatic rings. The highest BCUT2D eigenvalue weighted by Gasteiger charge is 2.19. The Kier molecular flexibility index (Phi) is 2.62. The molecule has 3 nitrogen and oxygen atoms in total. The normalized spacial score (nSPS) is 18.2. The van der Waals surface area contributed by atoms with E-state index in [-0.39, 0.29) is 5.60 Å². The standard InChI is InChI=1S/C9H18N2O/c1-7(12-9(2,3)4)11-8-5-10-6-8/h8,10-11H,1,5-6H2,2-4H3. The van der Waals surface area contributed by atoms with E-state index < -0.39 is 0 Å². The highest BCUT2D eigenvalue weighted by atomic mass is 16.5. The lowest BCUT2D eigenvalue weighted by molar-refractivity contribution is 0.0363. The van der Waals surface area contributed by atoms with Gasteiger partial charge < -0.3 is 15.4 Å². The number of rotatable bonds is 3. The zero-order valence-electron chi connectivity index (χ0n) is 8.11. The number of nitrogens with one attached hydrogen (secondary N) is 2. The SMILES string of the molecule is C=C(NC1CNC1)OC(C)(C)C. The maximum absolute atomic E-state index is 5.51. The Hall–Kier alpha value is -0.700. The Balaban J connectivity index is 2.19. The van der Waals surface area contributed by atoms with Gasteiger partial charge in [-0.3, -0.25) is 0 Å². The number of hydrogen-bond donors (Lipinski definition) is 2. The van der Waals surface area contributed by atoms with Crippen molar-refractivity contribution in [3.8, 4) is 0 Å². The maximum atomic E-state index is 5.51. The first-order valence-electron chi connectivity index (χ1n) is 4.32. The lowest BCUT2D eigenvalue weighted by Gasteiger charge is -2.32. The molecule has 0 aliphatic carbocycles. The molecule has 1 rings (SSSR count). The van der Waals surface area contributed by atoms with Gasteiger partial charge in [-0.1, -0.05) is 0 Å². The predicted molar refractivity (Wildman–Crippen MR) is 49.8 cm³/mol. The van der Waals surface area contributed by atoms with Crippen molar-refractivity contribution < 1.29 is 4.74 Å². The van der Waals surface area contributed by atoms with Gasteiger partial charge in [0.15, 0.2) is 5.88 Å². The van der Waals surface area contributed by atoms with Crippen molar-refractivity contribution in [2.75, 3.05) is 13.1 Å². The molecule has 1 aliphatic rings. The van der Waals surface area contributed by atoms with E-state index in [4.69, 9.17) is 4.74 Å². The highest BCUT2D eigenvalue weighted by molar-refractivity contribution is 4.92. The molecule has 0 aromatic heterocycles. The van der Waals surface area contributed by atoms with Crippen LogP contribution >= 0.6 is 0 Å². The fourth-order valence-electron chi connectivity index (χ4n) is 1.02. The van der Waals surface area contributed by atoms with Crippen LogP contribution in [0.3, 0.4) is 0 Å². The van der Waals surface area contributed by atoms with E-state index in [9.17, 15) is 0 Å². The van der Waals surface area contributed by atoms with E-state index in [1.807, 2.05) is 20.8 Å². The number of ether oxygens (including phenoxy) is 1. The van der Waals surface area contributed by atoms with Gasteiger partial charge in [0.25, 0.3) is 0 Å². The molecule has 1 heterocycles. The van der Waals surface area contributed by atoms with Crippen LogP contribution in [-0.4, -0.2) is 24.7 Å². The predicted octanol–water partition coefficient (Wildman–Crippen LogP) is 0.834. The molecule has 1 aliphatic heterocycles. The van der Waals surface area contributed by atoms with E-state index in [2.05, 4.69) is 17.2 Å². The molecule has 2 N–H and O–H groups in total. The van der Waals surface area contributed by atoms with Gasteiger partial charge in [-0.15, -0.1) is 0 Å². The largest absolute Gasteiger partial charge is 0.474 e. The van der Waals surface area contributed by atoms with Crippen LogP contribution in [0.1, 0.15) is 20.8 Å². The zero-order chi connectivity index (χ0) is 9.19. The average Bonchev–Trinajstić information content (AvgIpc) is 1.74. The van der Waals surface area contributed by atoms with Crippen molar-refractivity contribution in [2.45, 2.75) is 32.4 Å². The first-order chi connectivity index (χ1) is 5.47. The minimum Gasteiger partial charge on any atom is -0.474 e. The Morgan fingerprint density at radius 1 is 1.50 bits per heavy atom. The zero-order valence-corrected chi connectivity index (χ0v) is 8.11.